The Morgan fingerprint density at radius 1 is 1.33 bits per heavy atom. The van der Waals surface area contributed by atoms with Crippen LogP contribution >= 0.6 is 0 Å². The van der Waals surface area contributed by atoms with Gasteiger partial charge in [-0.25, -0.2) is 0 Å². The number of hydrogen-bond acceptors (Lipinski definition) is 2. The summed E-state index contributed by atoms with van der Waals surface area (Å²) in [5.74, 6) is 0. The van der Waals surface area contributed by atoms with Gasteiger partial charge in [0.15, 0.2) is 0 Å². The molecule has 1 aromatic rings. The Labute approximate surface area is 92.9 Å². The maximum Gasteiger partial charge on any atom is 0.0365 e. The molecule has 2 nitrogen and oxygen atoms in total. The molecule has 84 valence electrons. The smallest absolute Gasteiger partial charge is 0.0365 e. The van der Waals surface area contributed by atoms with Gasteiger partial charge in [-0.3, -0.25) is 0 Å². The molecular formula is C13H22N2. The summed E-state index contributed by atoms with van der Waals surface area (Å²) in [5.41, 5.74) is 9.10. The molecule has 2 heteroatoms. The molecule has 0 aliphatic carbocycles. The molecular weight excluding hydrogens is 184 g/mol. The van der Waals surface area contributed by atoms with Crippen LogP contribution in [0.2, 0.25) is 0 Å². The molecule has 0 radical (unpaired) electrons. The van der Waals surface area contributed by atoms with E-state index in [1.165, 1.54) is 6.42 Å². The molecule has 0 unspecified atom stereocenters. The van der Waals surface area contributed by atoms with Crippen LogP contribution in [0.5, 0.6) is 0 Å². The van der Waals surface area contributed by atoms with E-state index in [9.17, 15) is 0 Å². The minimum absolute atomic E-state index is 0.135. The van der Waals surface area contributed by atoms with Gasteiger partial charge in [-0.15, -0.1) is 0 Å². The van der Waals surface area contributed by atoms with Gasteiger partial charge in [-0.1, -0.05) is 19.4 Å². The Kier molecular flexibility index (Phi) is 3.61. The Morgan fingerprint density at radius 3 is 2.53 bits per heavy atom. The van der Waals surface area contributed by atoms with E-state index in [1.807, 2.05) is 13.0 Å². The van der Waals surface area contributed by atoms with Crippen LogP contribution in [0, 0.1) is 6.92 Å². The molecule has 0 aliphatic rings. The summed E-state index contributed by atoms with van der Waals surface area (Å²) >= 11 is 0. The van der Waals surface area contributed by atoms with Crippen LogP contribution in [-0.2, 0) is 0 Å². The van der Waals surface area contributed by atoms with Crippen molar-refractivity contribution in [2.75, 3.05) is 11.1 Å². The lowest BCUT2D eigenvalue weighted by molar-refractivity contribution is 0.511. The predicted molar refractivity (Wildman–Crippen MR) is 68.2 cm³/mol. The lowest BCUT2D eigenvalue weighted by atomic mass is 9.98. The maximum absolute atomic E-state index is 5.87. The molecule has 0 amide bonds. The van der Waals surface area contributed by atoms with E-state index in [1.54, 1.807) is 0 Å². The number of benzene rings is 1. The number of anilines is 2. The van der Waals surface area contributed by atoms with Crippen molar-refractivity contribution in [2.24, 2.45) is 0 Å². The van der Waals surface area contributed by atoms with Crippen LogP contribution in [0.4, 0.5) is 11.4 Å². The lowest BCUT2D eigenvalue weighted by Gasteiger charge is -2.27. The highest BCUT2D eigenvalue weighted by atomic mass is 15.0. The number of nitrogen functional groups attached to an aromatic ring is 1. The normalized spacial score (nSPS) is 11.5. The van der Waals surface area contributed by atoms with Crippen molar-refractivity contribution in [1.82, 2.24) is 0 Å². The summed E-state index contributed by atoms with van der Waals surface area (Å²) in [6.07, 6.45) is 2.34. The number of rotatable bonds is 4. The first kappa shape index (κ1) is 11.9. The average Bonchev–Trinajstić information content (AvgIpc) is 2.10. The van der Waals surface area contributed by atoms with Gasteiger partial charge in [0.25, 0.3) is 0 Å². The fourth-order valence-corrected chi connectivity index (χ4v) is 1.80. The van der Waals surface area contributed by atoms with Gasteiger partial charge in [-0.05, 0) is 44.9 Å². The maximum atomic E-state index is 5.87. The standard InChI is InChI=1S/C13H22N2/c1-5-8-13(3,4)15-11-7-6-10(2)12(14)9-11/h6-7,9,15H,5,8,14H2,1-4H3. The molecule has 0 spiro atoms. The fraction of sp³-hybridized carbons (Fsp3) is 0.538. The topological polar surface area (TPSA) is 38.0 Å². The Bertz CT molecular complexity index is 329. The second kappa shape index (κ2) is 4.56. The summed E-state index contributed by atoms with van der Waals surface area (Å²) in [5, 5.41) is 3.51. The zero-order chi connectivity index (χ0) is 11.5. The van der Waals surface area contributed by atoms with Crippen LogP contribution in [-0.4, -0.2) is 5.54 Å². The Morgan fingerprint density at radius 2 is 2.00 bits per heavy atom. The summed E-state index contributed by atoms with van der Waals surface area (Å²) in [6.45, 7) is 8.66. The van der Waals surface area contributed by atoms with E-state index in [0.717, 1.165) is 23.4 Å². The van der Waals surface area contributed by atoms with Gasteiger partial charge in [0.1, 0.15) is 0 Å². The fourth-order valence-electron chi connectivity index (χ4n) is 1.80. The highest BCUT2D eigenvalue weighted by Gasteiger charge is 2.15. The summed E-state index contributed by atoms with van der Waals surface area (Å²) < 4.78 is 0. The third kappa shape index (κ3) is 3.46. The molecule has 0 saturated heterocycles. The van der Waals surface area contributed by atoms with E-state index >= 15 is 0 Å². The molecule has 1 rings (SSSR count). The second-order valence-electron chi connectivity index (χ2n) is 4.83. The van der Waals surface area contributed by atoms with Crippen LogP contribution in [0.3, 0.4) is 0 Å². The molecule has 0 saturated carbocycles. The molecule has 0 bridgehead atoms. The van der Waals surface area contributed by atoms with Crippen molar-refractivity contribution < 1.29 is 0 Å². The summed E-state index contributed by atoms with van der Waals surface area (Å²) in [6, 6.07) is 6.15. The van der Waals surface area contributed by atoms with Gasteiger partial charge in [0.05, 0.1) is 0 Å². The van der Waals surface area contributed by atoms with Crippen molar-refractivity contribution in [1.29, 1.82) is 0 Å². The van der Waals surface area contributed by atoms with Gasteiger partial charge in [-0.2, -0.15) is 0 Å². The van der Waals surface area contributed by atoms with E-state index in [0.29, 0.717) is 0 Å². The Balaban J connectivity index is 2.76. The van der Waals surface area contributed by atoms with E-state index < -0.39 is 0 Å². The third-order valence-corrected chi connectivity index (χ3v) is 2.64. The molecule has 0 heterocycles. The van der Waals surface area contributed by atoms with Gasteiger partial charge < -0.3 is 11.1 Å². The highest BCUT2D eigenvalue weighted by molar-refractivity contribution is 5.59. The first-order chi connectivity index (χ1) is 6.94. The molecule has 0 aliphatic heterocycles. The van der Waals surface area contributed by atoms with Crippen molar-refractivity contribution in [3.05, 3.63) is 23.8 Å². The van der Waals surface area contributed by atoms with Crippen LogP contribution in [0.1, 0.15) is 39.2 Å². The molecule has 3 N–H and O–H groups in total. The van der Waals surface area contributed by atoms with E-state index in [4.69, 9.17) is 5.73 Å². The largest absolute Gasteiger partial charge is 0.398 e. The highest BCUT2D eigenvalue weighted by Crippen LogP contribution is 2.22. The first-order valence-corrected chi connectivity index (χ1v) is 5.59. The molecule has 0 fully saturated rings. The molecule has 0 atom stereocenters. The van der Waals surface area contributed by atoms with Crippen molar-refractivity contribution in [3.8, 4) is 0 Å². The van der Waals surface area contributed by atoms with Crippen molar-refractivity contribution >= 4 is 11.4 Å². The first-order valence-electron chi connectivity index (χ1n) is 5.59. The number of nitrogens with two attached hydrogens (primary N) is 1. The second-order valence-corrected chi connectivity index (χ2v) is 4.83. The molecule has 15 heavy (non-hydrogen) atoms. The quantitative estimate of drug-likeness (QED) is 0.739. The average molecular weight is 206 g/mol. The van der Waals surface area contributed by atoms with Gasteiger partial charge in [0.2, 0.25) is 0 Å². The monoisotopic (exact) mass is 206 g/mol. The molecule has 1 aromatic carbocycles. The van der Waals surface area contributed by atoms with Crippen LogP contribution in [0.15, 0.2) is 18.2 Å². The molecule has 0 aromatic heterocycles. The van der Waals surface area contributed by atoms with E-state index in [-0.39, 0.29) is 5.54 Å². The van der Waals surface area contributed by atoms with Gasteiger partial charge in [0, 0.05) is 16.9 Å². The number of aryl methyl sites for hydroxylation is 1. The lowest BCUT2D eigenvalue weighted by Crippen LogP contribution is -2.30. The number of hydrogen-bond donors (Lipinski definition) is 2. The minimum Gasteiger partial charge on any atom is -0.398 e. The van der Waals surface area contributed by atoms with Crippen molar-refractivity contribution in [3.63, 3.8) is 0 Å². The van der Waals surface area contributed by atoms with E-state index in [2.05, 4.69) is 38.2 Å². The van der Waals surface area contributed by atoms with Crippen LogP contribution in [0.25, 0.3) is 0 Å². The zero-order valence-corrected chi connectivity index (χ0v) is 10.2. The summed E-state index contributed by atoms with van der Waals surface area (Å²) in [4.78, 5) is 0. The van der Waals surface area contributed by atoms with Gasteiger partial charge >= 0.3 is 0 Å². The SMILES string of the molecule is CCCC(C)(C)Nc1ccc(C)c(N)c1. The van der Waals surface area contributed by atoms with Crippen LogP contribution < -0.4 is 11.1 Å². The number of nitrogens with one attached hydrogen (secondary N) is 1. The predicted octanol–water partition coefficient (Wildman–Crippen LogP) is 3.57. The third-order valence-electron chi connectivity index (χ3n) is 2.64. The zero-order valence-electron chi connectivity index (χ0n) is 10.2. The van der Waals surface area contributed by atoms with Crippen molar-refractivity contribution in [2.45, 2.75) is 46.1 Å². The minimum atomic E-state index is 0.135. The summed E-state index contributed by atoms with van der Waals surface area (Å²) in [7, 11) is 0. The Hall–Kier alpha value is -1.18.